The normalized spacial score (nSPS) is 11.5. The van der Waals surface area contributed by atoms with E-state index in [2.05, 4.69) is 0 Å². The Labute approximate surface area is 85.0 Å². The summed E-state index contributed by atoms with van der Waals surface area (Å²) in [5, 5.41) is 10.5. The van der Waals surface area contributed by atoms with Crippen molar-refractivity contribution in [2.45, 2.75) is 6.92 Å². The van der Waals surface area contributed by atoms with Crippen molar-refractivity contribution in [1.29, 1.82) is 0 Å². The van der Waals surface area contributed by atoms with Crippen LogP contribution in [-0.2, 0) is 0 Å². The van der Waals surface area contributed by atoms with Gasteiger partial charge in [0.2, 0.25) is 5.70 Å². The second-order valence-corrected chi connectivity index (χ2v) is 3.09. The number of allylic oxidation sites excluding steroid dienone is 1. The van der Waals surface area contributed by atoms with Gasteiger partial charge in [0.15, 0.2) is 0 Å². The molecule has 3 nitrogen and oxygen atoms in total. The van der Waals surface area contributed by atoms with Gasteiger partial charge in [-0.3, -0.25) is 10.1 Å². The summed E-state index contributed by atoms with van der Waals surface area (Å²) in [5.41, 5.74) is -0.111. The number of nitro groups is 1. The third-order valence-corrected chi connectivity index (χ3v) is 1.97. The van der Waals surface area contributed by atoms with Crippen LogP contribution >= 0.6 is 11.6 Å². The third-order valence-electron chi connectivity index (χ3n) is 1.64. The number of hydrogen-bond acceptors (Lipinski definition) is 2. The second kappa shape index (κ2) is 4.19. The predicted octanol–water partition coefficient (Wildman–Crippen LogP) is 3.12. The van der Waals surface area contributed by atoms with Crippen LogP contribution in [-0.4, -0.2) is 4.92 Å². The maximum atomic E-state index is 13.1. The zero-order valence-electron chi connectivity index (χ0n) is 7.33. The maximum absolute atomic E-state index is 13.1. The average Bonchev–Trinajstić information content (AvgIpc) is 2.11. The van der Waals surface area contributed by atoms with Gasteiger partial charge in [-0.15, -0.1) is 0 Å². The molecule has 74 valence electrons. The zero-order valence-corrected chi connectivity index (χ0v) is 8.08. The lowest BCUT2D eigenvalue weighted by Crippen LogP contribution is -1.94. The SMILES string of the molecule is C/C(=C/c1c(F)cccc1Cl)[N+](=O)[O-]. The molecule has 0 aliphatic carbocycles. The Kier molecular flexibility index (Phi) is 3.19. The minimum absolute atomic E-state index is 0.0448. The Morgan fingerprint density at radius 3 is 2.79 bits per heavy atom. The Balaban J connectivity index is 3.20. The second-order valence-electron chi connectivity index (χ2n) is 2.68. The van der Waals surface area contributed by atoms with Crippen molar-refractivity contribution in [3.05, 3.63) is 50.4 Å². The average molecular weight is 216 g/mol. The number of hydrogen-bond donors (Lipinski definition) is 0. The lowest BCUT2D eigenvalue weighted by Gasteiger charge is -1.98. The zero-order chi connectivity index (χ0) is 10.7. The Bertz CT molecular complexity index is 384. The van der Waals surface area contributed by atoms with Crippen LogP contribution in [0.3, 0.4) is 0 Å². The summed E-state index contributed by atoms with van der Waals surface area (Å²) < 4.78 is 13.1. The van der Waals surface area contributed by atoms with E-state index in [0.29, 0.717) is 0 Å². The standard InChI is InChI=1S/C9H7ClFNO2/c1-6(12(13)14)5-7-8(10)3-2-4-9(7)11/h2-5H,1H3/b6-5-. The van der Waals surface area contributed by atoms with Gasteiger partial charge in [0.05, 0.1) is 9.95 Å². The number of benzene rings is 1. The quantitative estimate of drug-likeness (QED) is 0.562. The molecule has 5 heteroatoms. The van der Waals surface area contributed by atoms with Gasteiger partial charge in [-0.2, -0.15) is 0 Å². The van der Waals surface area contributed by atoms with Crippen LogP contribution in [0.2, 0.25) is 5.02 Å². The first-order valence-electron chi connectivity index (χ1n) is 3.79. The lowest BCUT2D eigenvalue weighted by molar-refractivity contribution is -0.422. The number of nitrogens with zero attached hydrogens (tertiary/aromatic N) is 1. The van der Waals surface area contributed by atoms with Crippen LogP contribution in [0.5, 0.6) is 0 Å². The van der Waals surface area contributed by atoms with Crippen molar-refractivity contribution in [2.24, 2.45) is 0 Å². The van der Waals surface area contributed by atoms with Crippen molar-refractivity contribution in [3.8, 4) is 0 Å². The summed E-state index contributed by atoms with van der Waals surface area (Å²) in [6.07, 6.45) is 1.11. The molecule has 0 atom stereocenters. The van der Waals surface area contributed by atoms with Gasteiger partial charge in [-0.1, -0.05) is 17.7 Å². The molecule has 0 aromatic heterocycles. The van der Waals surface area contributed by atoms with Crippen molar-refractivity contribution < 1.29 is 9.31 Å². The molecule has 0 saturated carbocycles. The Morgan fingerprint density at radius 1 is 1.64 bits per heavy atom. The summed E-state index contributed by atoms with van der Waals surface area (Å²) >= 11 is 5.67. The predicted molar refractivity (Wildman–Crippen MR) is 52.1 cm³/mol. The molecule has 1 aromatic carbocycles. The third kappa shape index (κ3) is 2.29. The van der Waals surface area contributed by atoms with Crippen molar-refractivity contribution in [1.82, 2.24) is 0 Å². The molecule has 0 saturated heterocycles. The first-order valence-corrected chi connectivity index (χ1v) is 4.17. The van der Waals surface area contributed by atoms with E-state index < -0.39 is 10.7 Å². The topological polar surface area (TPSA) is 43.1 Å². The van der Waals surface area contributed by atoms with Gasteiger partial charge in [-0.25, -0.2) is 4.39 Å². The van der Waals surface area contributed by atoms with Gasteiger partial charge < -0.3 is 0 Å². The first-order chi connectivity index (χ1) is 6.52. The molecule has 0 fully saturated rings. The summed E-state index contributed by atoms with van der Waals surface area (Å²) in [6, 6.07) is 4.12. The minimum Gasteiger partial charge on any atom is -0.259 e. The summed E-state index contributed by atoms with van der Waals surface area (Å²) in [4.78, 5) is 9.70. The fourth-order valence-corrected chi connectivity index (χ4v) is 1.13. The van der Waals surface area contributed by atoms with E-state index in [1.807, 2.05) is 0 Å². The molecular formula is C9H7ClFNO2. The van der Waals surface area contributed by atoms with Crippen LogP contribution < -0.4 is 0 Å². The molecule has 0 heterocycles. The van der Waals surface area contributed by atoms with Gasteiger partial charge in [-0.05, 0) is 12.1 Å². The molecule has 0 N–H and O–H groups in total. The largest absolute Gasteiger partial charge is 0.259 e. The molecule has 0 bridgehead atoms. The van der Waals surface area contributed by atoms with Crippen LogP contribution in [0.15, 0.2) is 23.9 Å². The highest BCUT2D eigenvalue weighted by Crippen LogP contribution is 2.21. The minimum atomic E-state index is -0.594. The summed E-state index contributed by atoms with van der Waals surface area (Å²) in [5.74, 6) is -0.571. The molecule has 14 heavy (non-hydrogen) atoms. The lowest BCUT2D eigenvalue weighted by atomic mass is 10.2. The van der Waals surface area contributed by atoms with Gasteiger partial charge >= 0.3 is 0 Å². The molecule has 1 rings (SSSR count). The van der Waals surface area contributed by atoms with E-state index in [-0.39, 0.29) is 16.3 Å². The highest BCUT2D eigenvalue weighted by Gasteiger charge is 2.08. The molecule has 1 aromatic rings. The molecule has 0 unspecified atom stereocenters. The summed E-state index contributed by atoms with van der Waals surface area (Å²) in [6.45, 7) is 1.28. The van der Waals surface area contributed by atoms with Crippen molar-refractivity contribution in [3.63, 3.8) is 0 Å². The van der Waals surface area contributed by atoms with E-state index in [9.17, 15) is 14.5 Å². The van der Waals surface area contributed by atoms with Crippen LogP contribution in [0.4, 0.5) is 4.39 Å². The Hall–Kier alpha value is -1.42. The molecule has 0 aliphatic heterocycles. The van der Waals surface area contributed by atoms with E-state index in [1.165, 1.54) is 25.1 Å². The molecule has 0 aliphatic rings. The smallest absolute Gasteiger partial charge is 0.243 e. The fourth-order valence-electron chi connectivity index (χ4n) is 0.910. The van der Waals surface area contributed by atoms with E-state index in [0.717, 1.165) is 6.08 Å². The van der Waals surface area contributed by atoms with Crippen LogP contribution in [0.25, 0.3) is 6.08 Å². The summed E-state index contributed by atoms with van der Waals surface area (Å²) in [7, 11) is 0. The monoisotopic (exact) mass is 215 g/mol. The number of halogens is 2. The molecule has 0 radical (unpaired) electrons. The highest BCUT2D eigenvalue weighted by atomic mass is 35.5. The van der Waals surface area contributed by atoms with Crippen LogP contribution in [0, 0.1) is 15.9 Å². The molecule has 0 spiro atoms. The van der Waals surface area contributed by atoms with Crippen molar-refractivity contribution >= 4 is 17.7 Å². The fraction of sp³-hybridized carbons (Fsp3) is 0.111. The van der Waals surface area contributed by atoms with Gasteiger partial charge in [0.25, 0.3) is 0 Å². The van der Waals surface area contributed by atoms with Gasteiger partial charge in [0.1, 0.15) is 5.82 Å². The van der Waals surface area contributed by atoms with Crippen molar-refractivity contribution in [2.75, 3.05) is 0 Å². The first kappa shape index (κ1) is 10.7. The van der Waals surface area contributed by atoms with E-state index >= 15 is 0 Å². The molecule has 0 amide bonds. The van der Waals surface area contributed by atoms with Gasteiger partial charge in [0, 0.05) is 18.6 Å². The number of rotatable bonds is 2. The maximum Gasteiger partial charge on any atom is 0.243 e. The van der Waals surface area contributed by atoms with E-state index in [4.69, 9.17) is 11.6 Å². The molecular weight excluding hydrogens is 209 g/mol. The Morgan fingerprint density at radius 2 is 2.29 bits per heavy atom. The highest BCUT2D eigenvalue weighted by molar-refractivity contribution is 6.32. The van der Waals surface area contributed by atoms with E-state index in [1.54, 1.807) is 0 Å². The van der Waals surface area contributed by atoms with Crippen LogP contribution in [0.1, 0.15) is 12.5 Å².